The summed E-state index contributed by atoms with van der Waals surface area (Å²) in [5.41, 5.74) is 8.62. The van der Waals surface area contributed by atoms with Crippen molar-refractivity contribution in [3.63, 3.8) is 0 Å². The highest BCUT2D eigenvalue weighted by Gasteiger charge is 1.97. The van der Waals surface area contributed by atoms with E-state index in [1.807, 2.05) is 43.3 Å². The molecule has 2 rings (SSSR count). The molecule has 0 saturated carbocycles. The Hall–Kier alpha value is -1.87. The van der Waals surface area contributed by atoms with Crippen molar-refractivity contribution in [3.8, 4) is 5.75 Å². The number of rotatable bonds is 4. The van der Waals surface area contributed by atoms with Crippen molar-refractivity contribution in [2.24, 2.45) is 5.73 Å². The Bertz CT molecular complexity index is 480. The third-order valence-corrected chi connectivity index (χ3v) is 2.49. The van der Waals surface area contributed by atoms with Gasteiger partial charge in [0.15, 0.2) is 0 Å². The number of hydrogen-bond acceptors (Lipinski definition) is 3. The van der Waals surface area contributed by atoms with Crippen LogP contribution in [0.3, 0.4) is 0 Å². The summed E-state index contributed by atoms with van der Waals surface area (Å²) >= 11 is 0. The molecule has 1 heterocycles. The fourth-order valence-corrected chi connectivity index (χ4v) is 1.53. The molecular weight excluding hydrogens is 212 g/mol. The summed E-state index contributed by atoms with van der Waals surface area (Å²) in [6, 6.07) is 11.9. The van der Waals surface area contributed by atoms with Crippen molar-refractivity contribution in [1.82, 2.24) is 4.98 Å². The van der Waals surface area contributed by atoms with Crippen LogP contribution in [0.25, 0.3) is 0 Å². The number of hydrogen-bond donors (Lipinski definition) is 1. The van der Waals surface area contributed by atoms with Gasteiger partial charge in [0, 0.05) is 18.3 Å². The van der Waals surface area contributed by atoms with Crippen molar-refractivity contribution in [2.45, 2.75) is 20.1 Å². The van der Waals surface area contributed by atoms with Crippen molar-refractivity contribution in [2.75, 3.05) is 0 Å². The molecule has 88 valence electrons. The largest absolute Gasteiger partial charge is 0.489 e. The monoisotopic (exact) mass is 228 g/mol. The standard InChI is InChI=1S/C14H16N2O/c1-11-3-2-4-14(7-11)17-10-12-5-6-13(8-15)16-9-12/h2-7,9H,8,10,15H2,1H3. The first-order valence-corrected chi connectivity index (χ1v) is 5.61. The zero-order valence-electron chi connectivity index (χ0n) is 9.89. The van der Waals surface area contributed by atoms with E-state index in [1.165, 1.54) is 5.56 Å². The quantitative estimate of drug-likeness (QED) is 0.874. The van der Waals surface area contributed by atoms with Gasteiger partial charge in [-0.2, -0.15) is 0 Å². The van der Waals surface area contributed by atoms with E-state index in [1.54, 1.807) is 6.20 Å². The smallest absolute Gasteiger partial charge is 0.120 e. The number of ether oxygens (including phenoxy) is 1. The van der Waals surface area contributed by atoms with Crippen LogP contribution in [0.5, 0.6) is 5.75 Å². The van der Waals surface area contributed by atoms with Crippen LogP contribution >= 0.6 is 0 Å². The Labute approximate surface area is 101 Å². The Morgan fingerprint density at radius 3 is 2.76 bits per heavy atom. The lowest BCUT2D eigenvalue weighted by atomic mass is 10.2. The molecule has 2 N–H and O–H groups in total. The Morgan fingerprint density at radius 1 is 1.24 bits per heavy atom. The summed E-state index contributed by atoms with van der Waals surface area (Å²) in [6.07, 6.45) is 1.80. The normalized spacial score (nSPS) is 10.2. The maximum absolute atomic E-state index is 5.68. The van der Waals surface area contributed by atoms with Crippen LogP contribution in [0, 0.1) is 6.92 Å². The fourth-order valence-electron chi connectivity index (χ4n) is 1.53. The van der Waals surface area contributed by atoms with Gasteiger partial charge >= 0.3 is 0 Å². The topological polar surface area (TPSA) is 48.1 Å². The fraction of sp³-hybridized carbons (Fsp3) is 0.214. The Kier molecular flexibility index (Phi) is 3.73. The molecule has 1 aromatic heterocycles. The molecule has 3 nitrogen and oxygen atoms in total. The van der Waals surface area contributed by atoms with Crippen LogP contribution in [0.1, 0.15) is 16.8 Å². The van der Waals surface area contributed by atoms with Gasteiger partial charge in [-0.25, -0.2) is 0 Å². The highest BCUT2D eigenvalue weighted by molar-refractivity contribution is 5.27. The maximum Gasteiger partial charge on any atom is 0.120 e. The minimum absolute atomic E-state index is 0.471. The molecule has 0 aliphatic carbocycles. The van der Waals surface area contributed by atoms with Crippen LogP contribution in [0.2, 0.25) is 0 Å². The van der Waals surface area contributed by atoms with E-state index in [-0.39, 0.29) is 0 Å². The molecule has 0 atom stereocenters. The molecule has 0 saturated heterocycles. The van der Waals surface area contributed by atoms with Gasteiger partial charge in [-0.3, -0.25) is 4.98 Å². The van der Waals surface area contributed by atoms with Crippen molar-refractivity contribution in [1.29, 1.82) is 0 Å². The summed E-state index contributed by atoms with van der Waals surface area (Å²) in [5, 5.41) is 0. The molecule has 2 aromatic rings. The minimum atomic E-state index is 0.471. The van der Waals surface area contributed by atoms with Gasteiger partial charge in [-0.15, -0.1) is 0 Å². The first kappa shape index (κ1) is 11.6. The van der Waals surface area contributed by atoms with E-state index < -0.39 is 0 Å². The zero-order chi connectivity index (χ0) is 12.1. The van der Waals surface area contributed by atoms with E-state index in [4.69, 9.17) is 10.5 Å². The molecular formula is C14H16N2O. The summed E-state index contributed by atoms with van der Waals surface area (Å²) < 4.78 is 5.68. The van der Waals surface area contributed by atoms with Gasteiger partial charge in [0.2, 0.25) is 0 Å². The summed E-state index contributed by atoms with van der Waals surface area (Å²) in [4.78, 5) is 4.22. The van der Waals surface area contributed by atoms with Gasteiger partial charge < -0.3 is 10.5 Å². The van der Waals surface area contributed by atoms with E-state index in [2.05, 4.69) is 4.98 Å². The van der Waals surface area contributed by atoms with Crippen LogP contribution in [-0.2, 0) is 13.2 Å². The SMILES string of the molecule is Cc1cccc(OCc2ccc(CN)nc2)c1. The third-order valence-electron chi connectivity index (χ3n) is 2.49. The number of nitrogens with zero attached hydrogens (tertiary/aromatic N) is 1. The molecule has 0 unspecified atom stereocenters. The van der Waals surface area contributed by atoms with Gasteiger partial charge in [0.1, 0.15) is 12.4 Å². The number of benzene rings is 1. The molecule has 0 radical (unpaired) electrons. The van der Waals surface area contributed by atoms with Gasteiger partial charge in [0.25, 0.3) is 0 Å². The predicted octanol–water partition coefficient (Wildman–Crippen LogP) is 2.43. The van der Waals surface area contributed by atoms with Crippen LogP contribution < -0.4 is 10.5 Å². The van der Waals surface area contributed by atoms with Crippen molar-refractivity contribution >= 4 is 0 Å². The Morgan fingerprint density at radius 2 is 2.12 bits per heavy atom. The summed E-state index contributed by atoms with van der Waals surface area (Å²) in [7, 11) is 0. The second-order valence-corrected chi connectivity index (χ2v) is 3.97. The lowest BCUT2D eigenvalue weighted by Gasteiger charge is -2.07. The second-order valence-electron chi connectivity index (χ2n) is 3.97. The first-order valence-electron chi connectivity index (χ1n) is 5.61. The van der Waals surface area contributed by atoms with E-state index >= 15 is 0 Å². The zero-order valence-corrected chi connectivity index (χ0v) is 9.89. The average Bonchev–Trinajstić information content (AvgIpc) is 2.37. The highest BCUT2D eigenvalue weighted by Crippen LogP contribution is 2.14. The van der Waals surface area contributed by atoms with Gasteiger partial charge in [-0.1, -0.05) is 18.2 Å². The molecule has 0 fully saturated rings. The van der Waals surface area contributed by atoms with Crippen LogP contribution in [0.15, 0.2) is 42.6 Å². The molecule has 0 aliphatic rings. The second kappa shape index (κ2) is 5.46. The lowest BCUT2D eigenvalue weighted by molar-refractivity contribution is 0.305. The Balaban J connectivity index is 1.97. The third kappa shape index (κ3) is 3.29. The van der Waals surface area contributed by atoms with E-state index in [0.717, 1.165) is 17.0 Å². The van der Waals surface area contributed by atoms with Gasteiger partial charge in [0.05, 0.1) is 5.69 Å². The lowest BCUT2D eigenvalue weighted by Crippen LogP contribution is -2.01. The molecule has 0 amide bonds. The number of aryl methyl sites for hydroxylation is 1. The average molecular weight is 228 g/mol. The number of aromatic nitrogens is 1. The minimum Gasteiger partial charge on any atom is -0.489 e. The number of nitrogens with two attached hydrogens (primary N) is 1. The van der Waals surface area contributed by atoms with Crippen LogP contribution in [-0.4, -0.2) is 4.98 Å². The highest BCUT2D eigenvalue weighted by atomic mass is 16.5. The molecule has 0 bridgehead atoms. The van der Waals surface area contributed by atoms with E-state index in [9.17, 15) is 0 Å². The number of pyridine rings is 1. The maximum atomic E-state index is 5.68. The molecule has 0 spiro atoms. The predicted molar refractivity (Wildman–Crippen MR) is 67.6 cm³/mol. The summed E-state index contributed by atoms with van der Waals surface area (Å²) in [5.74, 6) is 0.882. The van der Waals surface area contributed by atoms with Gasteiger partial charge in [-0.05, 0) is 30.7 Å². The molecule has 0 aliphatic heterocycles. The molecule has 1 aromatic carbocycles. The molecule has 3 heteroatoms. The van der Waals surface area contributed by atoms with Crippen molar-refractivity contribution in [3.05, 3.63) is 59.4 Å². The van der Waals surface area contributed by atoms with E-state index in [0.29, 0.717) is 13.2 Å². The first-order chi connectivity index (χ1) is 8.28. The van der Waals surface area contributed by atoms with Crippen LogP contribution in [0.4, 0.5) is 0 Å². The molecule has 17 heavy (non-hydrogen) atoms. The summed E-state index contributed by atoms with van der Waals surface area (Å²) in [6.45, 7) is 3.05. The van der Waals surface area contributed by atoms with Crippen molar-refractivity contribution < 1.29 is 4.74 Å².